The Bertz CT molecular complexity index is 1290. The number of hydrogen-bond donors (Lipinski definition) is 1. The van der Waals surface area contributed by atoms with E-state index in [0.29, 0.717) is 23.3 Å². The second-order valence-electron chi connectivity index (χ2n) is 7.26. The maximum Gasteiger partial charge on any atom is 0.250 e. The third kappa shape index (κ3) is 6.07. The zero-order chi connectivity index (χ0) is 24.5. The summed E-state index contributed by atoms with van der Waals surface area (Å²) in [4.78, 5) is 12.5. The quantitative estimate of drug-likeness (QED) is 0.200. The Morgan fingerprint density at radius 3 is 2.51 bits per heavy atom. The van der Waals surface area contributed by atoms with E-state index >= 15 is 0 Å². The number of thioether (sulfide) groups is 1. The fraction of sp³-hybridized carbons (Fsp3) is 0.154. The van der Waals surface area contributed by atoms with Gasteiger partial charge in [0.05, 0.1) is 25.7 Å². The highest BCUT2D eigenvalue weighted by molar-refractivity contribution is 7.99. The number of hydrogen-bond acceptors (Lipinski definition) is 7. The molecule has 0 saturated heterocycles. The van der Waals surface area contributed by atoms with E-state index in [2.05, 4.69) is 20.7 Å². The topological polar surface area (TPSA) is 90.6 Å². The van der Waals surface area contributed by atoms with Crippen molar-refractivity contribution in [3.8, 4) is 28.6 Å². The van der Waals surface area contributed by atoms with Gasteiger partial charge in [0, 0.05) is 16.8 Å². The van der Waals surface area contributed by atoms with Crippen LogP contribution >= 0.6 is 11.8 Å². The lowest BCUT2D eigenvalue weighted by Gasteiger charge is -2.11. The van der Waals surface area contributed by atoms with Crippen LogP contribution < -0.4 is 14.9 Å². The Morgan fingerprint density at radius 2 is 1.77 bits per heavy atom. The smallest absolute Gasteiger partial charge is 0.250 e. The van der Waals surface area contributed by atoms with Crippen molar-refractivity contribution in [2.75, 3.05) is 19.5 Å². The third-order valence-electron chi connectivity index (χ3n) is 4.94. The molecule has 0 fully saturated rings. The lowest BCUT2D eigenvalue weighted by Crippen LogP contribution is -2.20. The minimum atomic E-state index is -0.259. The zero-order valence-electron chi connectivity index (χ0n) is 19.4. The molecule has 0 radical (unpaired) electrons. The van der Waals surface area contributed by atoms with Crippen LogP contribution in [0, 0.1) is 0 Å². The van der Waals surface area contributed by atoms with Gasteiger partial charge in [-0.25, -0.2) is 5.43 Å². The van der Waals surface area contributed by atoms with Crippen molar-refractivity contribution in [2.24, 2.45) is 5.10 Å². The lowest BCUT2D eigenvalue weighted by molar-refractivity contribution is -0.118. The second-order valence-corrected chi connectivity index (χ2v) is 8.20. The zero-order valence-corrected chi connectivity index (χ0v) is 20.2. The van der Waals surface area contributed by atoms with E-state index < -0.39 is 0 Å². The first-order chi connectivity index (χ1) is 17.2. The van der Waals surface area contributed by atoms with Gasteiger partial charge in [-0.3, -0.25) is 9.36 Å². The van der Waals surface area contributed by atoms with E-state index in [1.165, 1.54) is 11.8 Å². The predicted molar refractivity (Wildman–Crippen MR) is 137 cm³/mol. The SMILES string of the molecule is CCOc1ccccc1C=NNC(=O)CSc1nnc(-c2ccccc2)n1-c1ccc(OC)cc1. The average Bonchev–Trinajstić information content (AvgIpc) is 3.33. The maximum atomic E-state index is 12.5. The van der Waals surface area contributed by atoms with Gasteiger partial charge in [0.25, 0.3) is 5.91 Å². The Hall–Kier alpha value is -4.11. The molecule has 0 aliphatic heterocycles. The molecule has 1 N–H and O–H groups in total. The normalized spacial score (nSPS) is 10.9. The molecule has 8 nitrogen and oxygen atoms in total. The average molecular weight is 488 g/mol. The van der Waals surface area contributed by atoms with E-state index in [-0.39, 0.29) is 11.7 Å². The first-order valence-corrected chi connectivity index (χ1v) is 12.0. The number of methoxy groups -OCH3 is 1. The van der Waals surface area contributed by atoms with Crippen molar-refractivity contribution in [1.29, 1.82) is 0 Å². The molecule has 0 unspecified atom stereocenters. The Kier molecular flexibility index (Phi) is 8.13. The highest BCUT2D eigenvalue weighted by Gasteiger charge is 2.17. The van der Waals surface area contributed by atoms with E-state index in [0.717, 1.165) is 22.6 Å². The number of ether oxygens (including phenoxy) is 2. The molecule has 3 aromatic carbocycles. The number of nitrogens with one attached hydrogen (secondary N) is 1. The van der Waals surface area contributed by atoms with Crippen molar-refractivity contribution in [2.45, 2.75) is 12.1 Å². The van der Waals surface area contributed by atoms with Gasteiger partial charge in [0.2, 0.25) is 0 Å². The molecule has 1 amide bonds. The molecule has 0 atom stereocenters. The van der Waals surface area contributed by atoms with Gasteiger partial charge < -0.3 is 9.47 Å². The summed E-state index contributed by atoms with van der Waals surface area (Å²) in [5.41, 5.74) is 5.13. The molecule has 0 spiro atoms. The minimum Gasteiger partial charge on any atom is -0.497 e. The third-order valence-corrected chi connectivity index (χ3v) is 5.87. The standard InChI is InChI=1S/C26H25N5O3S/c1-3-34-23-12-8-7-11-20(23)17-27-28-24(32)18-35-26-30-29-25(19-9-5-4-6-10-19)31(26)21-13-15-22(33-2)16-14-21/h4-17H,3,18H2,1-2H3,(H,28,32). The van der Waals surface area contributed by atoms with Crippen molar-refractivity contribution >= 4 is 23.9 Å². The maximum absolute atomic E-state index is 12.5. The monoisotopic (exact) mass is 487 g/mol. The number of benzene rings is 3. The summed E-state index contributed by atoms with van der Waals surface area (Å²) in [7, 11) is 1.63. The Morgan fingerprint density at radius 1 is 1.03 bits per heavy atom. The summed E-state index contributed by atoms with van der Waals surface area (Å²) >= 11 is 1.28. The predicted octanol–water partition coefficient (Wildman–Crippen LogP) is 4.58. The van der Waals surface area contributed by atoms with Crippen LogP contribution in [0.3, 0.4) is 0 Å². The van der Waals surface area contributed by atoms with E-state index in [1.807, 2.05) is 90.4 Å². The molecule has 0 aliphatic carbocycles. The molecule has 178 valence electrons. The lowest BCUT2D eigenvalue weighted by atomic mass is 10.2. The van der Waals surface area contributed by atoms with Crippen molar-refractivity contribution in [1.82, 2.24) is 20.2 Å². The van der Waals surface area contributed by atoms with Gasteiger partial charge in [0.1, 0.15) is 11.5 Å². The van der Waals surface area contributed by atoms with E-state index in [1.54, 1.807) is 13.3 Å². The van der Waals surface area contributed by atoms with Gasteiger partial charge in [-0.05, 0) is 43.3 Å². The highest BCUT2D eigenvalue weighted by atomic mass is 32.2. The van der Waals surface area contributed by atoms with Crippen LogP contribution in [-0.4, -0.2) is 46.4 Å². The number of carbonyl (C=O) groups is 1. The van der Waals surface area contributed by atoms with Crippen molar-refractivity contribution < 1.29 is 14.3 Å². The fourth-order valence-electron chi connectivity index (χ4n) is 3.31. The number of hydrazone groups is 1. The fourth-order valence-corrected chi connectivity index (χ4v) is 4.06. The Balaban J connectivity index is 1.49. The summed E-state index contributed by atoms with van der Waals surface area (Å²) in [6, 6.07) is 24.9. The number of nitrogens with zero attached hydrogens (tertiary/aromatic N) is 4. The highest BCUT2D eigenvalue weighted by Crippen LogP contribution is 2.28. The van der Waals surface area contributed by atoms with Gasteiger partial charge in [-0.2, -0.15) is 5.10 Å². The summed E-state index contributed by atoms with van der Waals surface area (Å²) < 4.78 is 12.8. The van der Waals surface area contributed by atoms with Gasteiger partial charge in [0.15, 0.2) is 11.0 Å². The number of carbonyl (C=O) groups excluding carboxylic acids is 1. The second kappa shape index (κ2) is 11.8. The molecule has 0 bridgehead atoms. The van der Waals surface area contributed by atoms with Crippen LogP contribution in [0.1, 0.15) is 12.5 Å². The van der Waals surface area contributed by atoms with Crippen LogP contribution in [0.15, 0.2) is 89.1 Å². The van der Waals surface area contributed by atoms with Crippen LogP contribution in [0.4, 0.5) is 0 Å². The molecule has 9 heteroatoms. The molecule has 0 saturated carbocycles. The molecule has 4 aromatic rings. The number of para-hydroxylation sites is 1. The molecular weight excluding hydrogens is 462 g/mol. The molecule has 0 aliphatic rings. The van der Waals surface area contributed by atoms with Crippen molar-refractivity contribution in [3.05, 3.63) is 84.4 Å². The van der Waals surface area contributed by atoms with Gasteiger partial charge in [-0.15, -0.1) is 10.2 Å². The van der Waals surface area contributed by atoms with Crippen LogP contribution in [-0.2, 0) is 4.79 Å². The largest absolute Gasteiger partial charge is 0.497 e. The minimum absolute atomic E-state index is 0.119. The number of amides is 1. The van der Waals surface area contributed by atoms with Gasteiger partial charge in [-0.1, -0.05) is 54.2 Å². The molecule has 1 heterocycles. The van der Waals surface area contributed by atoms with Crippen LogP contribution in [0.5, 0.6) is 11.5 Å². The first kappa shape index (κ1) is 24.0. The summed E-state index contributed by atoms with van der Waals surface area (Å²) in [5.74, 6) is 2.01. The van der Waals surface area contributed by atoms with Crippen molar-refractivity contribution in [3.63, 3.8) is 0 Å². The number of aromatic nitrogens is 3. The first-order valence-electron chi connectivity index (χ1n) is 11.0. The van der Waals surface area contributed by atoms with E-state index in [4.69, 9.17) is 9.47 Å². The molecule has 4 rings (SSSR count). The van der Waals surface area contributed by atoms with Crippen LogP contribution in [0.25, 0.3) is 17.1 Å². The van der Waals surface area contributed by atoms with Crippen LogP contribution in [0.2, 0.25) is 0 Å². The summed E-state index contributed by atoms with van der Waals surface area (Å²) in [5, 5.41) is 13.4. The molecule has 35 heavy (non-hydrogen) atoms. The number of rotatable bonds is 10. The summed E-state index contributed by atoms with van der Waals surface area (Å²) in [6.45, 7) is 2.47. The van der Waals surface area contributed by atoms with E-state index in [9.17, 15) is 4.79 Å². The molecular formula is C26H25N5O3S. The Labute approximate surface area is 208 Å². The summed E-state index contributed by atoms with van der Waals surface area (Å²) in [6.07, 6.45) is 1.57. The van der Waals surface area contributed by atoms with Gasteiger partial charge >= 0.3 is 0 Å². The molecule has 1 aromatic heterocycles.